The largest absolute Gasteiger partial charge is 0.493 e. The fraction of sp³-hybridized carbons (Fsp3) is 0.276. The van der Waals surface area contributed by atoms with Gasteiger partial charge in [0.15, 0.2) is 27.8 Å². The lowest BCUT2D eigenvalue weighted by Gasteiger charge is -2.23. The molecule has 1 aromatic heterocycles. The minimum Gasteiger partial charge on any atom is -0.493 e. The highest BCUT2D eigenvalue weighted by molar-refractivity contribution is 9.10. The van der Waals surface area contributed by atoms with Gasteiger partial charge in [0, 0.05) is 10.7 Å². The first-order valence-corrected chi connectivity index (χ1v) is 14.1. The fourth-order valence-electron chi connectivity index (χ4n) is 4.21. The predicted molar refractivity (Wildman–Crippen MR) is 156 cm³/mol. The smallest absolute Gasteiger partial charge is 0.337 e. The van der Waals surface area contributed by atoms with E-state index in [0.29, 0.717) is 67.8 Å². The Morgan fingerprint density at radius 3 is 2.48 bits per heavy atom. The van der Waals surface area contributed by atoms with Crippen molar-refractivity contribution in [3.8, 4) is 23.0 Å². The van der Waals surface area contributed by atoms with Crippen LogP contribution in [0.15, 0.2) is 69.0 Å². The zero-order valence-electron chi connectivity index (χ0n) is 22.6. The number of thiazole rings is 1. The van der Waals surface area contributed by atoms with E-state index in [9.17, 15) is 9.59 Å². The number of fused-ring (bicyclic) bond motifs is 1. The number of carbonyl (C=O) groups is 1. The van der Waals surface area contributed by atoms with Gasteiger partial charge in [-0.3, -0.25) is 9.36 Å². The molecule has 1 aliphatic heterocycles. The van der Waals surface area contributed by atoms with E-state index in [2.05, 4.69) is 27.5 Å². The van der Waals surface area contributed by atoms with Crippen LogP contribution < -0.4 is 33.8 Å². The third-order valence-corrected chi connectivity index (χ3v) is 7.62. The Kier molecular flexibility index (Phi) is 9.49. The first-order valence-electron chi connectivity index (χ1n) is 12.5. The lowest BCUT2D eigenvalue weighted by molar-refractivity contribution is -0.136. The normalized spacial score (nSPS) is 14.5. The number of methoxy groups -OCH3 is 2. The van der Waals surface area contributed by atoms with Gasteiger partial charge >= 0.3 is 5.97 Å². The van der Waals surface area contributed by atoms with Gasteiger partial charge in [-0.05, 0) is 55.3 Å². The molecule has 4 rings (SSSR count). The molecule has 210 valence electrons. The zero-order valence-corrected chi connectivity index (χ0v) is 25.0. The highest BCUT2D eigenvalue weighted by atomic mass is 79.9. The number of hydrogen-bond donors (Lipinski definition) is 0. The summed E-state index contributed by atoms with van der Waals surface area (Å²) in [6.07, 6.45) is 4.84. The summed E-state index contributed by atoms with van der Waals surface area (Å²) in [5, 5.41) is 0. The van der Waals surface area contributed by atoms with Gasteiger partial charge in [-0.25, -0.2) is 9.79 Å². The summed E-state index contributed by atoms with van der Waals surface area (Å²) in [4.78, 5) is 31.6. The van der Waals surface area contributed by atoms with Crippen molar-refractivity contribution >= 4 is 39.3 Å². The standard InChI is InChI=1S/C29H29BrN2O7S/c1-6-11-39-24-15-20(30)18(13-22(24)35-4)14-25-27(33)32-26(19(28(34)36-5)16-31-29(32)40-25)17-9-10-21(37-7-2)23(12-17)38-8-3/h6,9-10,12-16,26H,1,7-8,11H2,2-5H3/b25-14-/t26-/m0/s1. The summed E-state index contributed by atoms with van der Waals surface area (Å²) < 4.78 is 30.3. The van der Waals surface area contributed by atoms with E-state index in [-0.39, 0.29) is 11.1 Å². The summed E-state index contributed by atoms with van der Waals surface area (Å²) in [5.74, 6) is 1.55. The average molecular weight is 630 g/mol. The number of carbonyl (C=O) groups excluding carboxylic acids is 1. The molecule has 40 heavy (non-hydrogen) atoms. The Balaban J connectivity index is 1.88. The number of nitrogens with zero attached hydrogens (tertiary/aromatic N) is 2. The number of rotatable bonds is 11. The number of esters is 1. The molecule has 9 nitrogen and oxygen atoms in total. The van der Waals surface area contributed by atoms with Crippen LogP contribution in [0.5, 0.6) is 23.0 Å². The number of halogens is 1. The molecule has 0 amide bonds. The van der Waals surface area contributed by atoms with Crippen LogP contribution in [0, 0.1) is 0 Å². The second-order valence-electron chi connectivity index (χ2n) is 8.37. The van der Waals surface area contributed by atoms with Crippen LogP contribution >= 0.6 is 27.3 Å². The molecule has 2 aromatic carbocycles. The van der Waals surface area contributed by atoms with Crippen LogP contribution in [-0.4, -0.2) is 44.6 Å². The highest BCUT2D eigenvalue weighted by Gasteiger charge is 2.31. The summed E-state index contributed by atoms with van der Waals surface area (Å²) in [6.45, 7) is 8.63. The van der Waals surface area contributed by atoms with Gasteiger partial charge < -0.3 is 23.7 Å². The molecule has 1 atom stereocenters. The second kappa shape index (κ2) is 13.0. The predicted octanol–water partition coefficient (Wildman–Crippen LogP) is 4.15. The van der Waals surface area contributed by atoms with E-state index in [1.54, 1.807) is 49.6 Å². The quantitative estimate of drug-likeness (QED) is 0.232. The Bertz CT molecular complexity index is 1640. The summed E-state index contributed by atoms with van der Waals surface area (Å²) in [6, 6.07) is 8.13. The Morgan fingerprint density at radius 1 is 1.07 bits per heavy atom. The van der Waals surface area contributed by atoms with Crippen molar-refractivity contribution in [2.45, 2.75) is 19.9 Å². The van der Waals surface area contributed by atoms with Crippen LogP contribution in [0.4, 0.5) is 0 Å². The van der Waals surface area contributed by atoms with Crippen molar-refractivity contribution in [1.82, 2.24) is 4.57 Å². The average Bonchev–Trinajstić information content (AvgIpc) is 3.28. The minimum atomic E-state index is -0.784. The van der Waals surface area contributed by atoms with Crippen molar-refractivity contribution in [3.63, 3.8) is 0 Å². The lowest BCUT2D eigenvalue weighted by Crippen LogP contribution is -2.39. The molecule has 0 radical (unpaired) electrons. The van der Waals surface area contributed by atoms with Gasteiger partial charge in [-0.15, -0.1) is 0 Å². The van der Waals surface area contributed by atoms with E-state index >= 15 is 0 Å². The van der Waals surface area contributed by atoms with Crippen LogP contribution in [-0.2, 0) is 9.53 Å². The van der Waals surface area contributed by atoms with E-state index < -0.39 is 12.0 Å². The van der Waals surface area contributed by atoms with Crippen molar-refractivity contribution in [1.29, 1.82) is 0 Å². The molecule has 2 heterocycles. The second-order valence-corrected chi connectivity index (χ2v) is 10.2. The number of hydrogen-bond acceptors (Lipinski definition) is 9. The summed E-state index contributed by atoms with van der Waals surface area (Å²) >= 11 is 4.78. The van der Waals surface area contributed by atoms with Crippen LogP contribution in [0.1, 0.15) is 31.0 Å². The molecular weight excluding hydrogens is 600 g/mol. The molecule has 3 aromatic rings. The minimum absolute atomic E-state index is 0.222. The van der Waals surface area contributed by atoms with Gasteiger partial charge in [-0.1, -0.05) is 46.0 Å². The molecule has 0 unspecified atom stereocenters. The maximum atomic E-state index is 13.9. The van der Waals surface area contributed by atoms with Gasteiger partial charge in [-0.2, -0.15) is 0 Å². The molecule has 0 spiro atoms. The van der Waals surface area contributed by atoms with Gasteiger partial charge in [0.2, 0.25) is 0 Å². The van der Waals surface area contributed by atoms with Crippen molar-refractivity contribution in [2.24, 2.45) is 4.99 Å². The third-order valence-electron chi connectivity index (χ3n) is 5.93. The molecule has 0 fully saturated rings. The van der Waals surface area contributed by atoms with Crippen LogP contribution in [0.25, 0.3) is 6.08 Å². The molecule has 11 heteroatoms. The maximum absolute atomic E-state index is 13.9. The molecule has 1 aliphatic rings. The van der Waals surface area contributed by atoms with Crippen molar-refractivity contribution in [2.75, 3.05) is 34.0 Å². The van der Waals surface area contributed by atoms with E-state index in [1.165, 1.54) is 29.2 Å². The Hall–Kier alpha value is -3.83. The SMILES string of the molecule is C=CCOc1cc(Br)c(/C=c2\sc3n(c2=O)[C@@H](c2ccc(OCC)c(OCC)c2)C(C(=O)OC)=CN=3)cc1OC. The first-order chi connectivity index (χ1) is 19.4. The summed E-state index contributed by atoms with van der Waals surface area (Å²) in [7, 11) is 2.84. The zero-order chi connectivity index (χ0) is 28.8. The molecular formula is C29H29BrN2O7S. The van der Waals surface area contributed by atoms with Crippen LogP contribution in [0.3, 0.4) is 0 Å². The van der Waals surface area contributed by atoms with Gasteiger partial charge in [0.25, 0.3) is 5.56 Å². The topological polar surface area (TPSA) is 97.6 Å². The third kappa shape index (κ3) is 5.85. The van der Waals surface area contributed by atoms with E-state index in [1.807, 2.05) is 13.8 Å². The Labute approximate surface area is 243 Å². The first kappa shape index (κ1) is 29.2. The summed E-state index contributed by atoms with van der Waals surface area (Å²) in [5.41, 5.74) is 1.27. The lowest BCUT2D eigenvalue weighted by atomic mass is 9.97. The van der Waals surface area contributed by atoms with E-state index in [0.717, 1.165) is 0 Å². The highest BCUT2D eigenvalue weighted by Crippen LogP contribution is 2.36. The fourth-order valence-corrected chi connectivity index (χ4v) is 5.61. The van der Waals surface area contributed by atoms with Gasteiger partial charge in [0.05, 0.1) is 43.6 Å². The van der Waals surface area contributed by atoms with E-state index in [4.69, 9.17) is 23.7 Å². The molecule has 0 N–H and O–H groups in total. The maximum Gasteiger partial charge on any atom is 0.337 e. The number of benzene rings is 2. The van der Waals surface area contributed by atoms with Crippen molar-refractivity contribution in [3.05, 3.63) is 90.0 Å². The van der Waals surface area contributed by atoms with Crippen LogP contribution in [0.2, 0.25) is 0 Å². The molecule has 0 saturated carbocycles. The van der Waals surface area contributed by atoms with Gasteiger partial charge in [0.1, 0.15) is 6.61 Å². The molecule has 0 bridgehead atoms. The Morgan fingerprint density at radius 2 is 1.80 bits per heavy atom. The number of ether oxygens (including phenoxy) is 5. The monoisotopic (exact) mass is 628 g/mol. The molecule has 0 aliphatic carbocycles. The van der Waals surface area contributed by atoms with Crippen molar-refractivity contribution < 1.29 is 28.5 Å². The molecule has 0 saturated heterocycles. The number of aromatic nitrogens is 1.